The predicted molar refractivity (Wildman–Crippen MR) is 117 cm³/mol. The van der Waals surface area contributed by atoms with Crippen molar-refractivity contribution in [2.45, 2.75) is 17.6 Å². The molecule has 0 radical (unpaired) electrons. The van der Waals surface area contributed by atoms with Crippen LogP contribution in [-0.4, -0.2) is 48.5 Å². The predicted octanol–water partition coefficient (Wildman–Crippen LogP) is 2.78. The number of nitrogens with zero attached hydrogens (tertiary/aromatic N) is 4. The van der Waals surface area contributed by atoms with Gasteiger partial charge in [-0.25, -0.2) is 13.1 Å². The molecular formula is C20H21N5O4S2. The Balaban J connectivity index is 1.45. The van der Waals surface area contributed by atoms with Gasteiger partial charge in [-0.2, -0.15) is 4.52 Å². The van der Waals surface area contributed by atoms with E-state index in [2.05, 4.69) is 20.0 Å². The maximum atomic E-state index is 12.4. The van der Waals surface area contributed by atoms with Gasteiger partial charge in [-0.1, -0.05) is 19.1 Å². The molecule has 1 aromatic carbocycles. The Bertz CT molecular complexity index is 1300. The second-order valence-corrected chi connectivity index (χ2v) is 9.65. The number of aryl methyl sites for hydroxylation is 1. The number of thiophene rings is 1. The summed E-state index contributed by atoms with van der Waals surface area (Å²) >= 11 is 1.27. The molecule has 4 aromatic rings. The van der Waals surface area contributed by atoms with Gasteiger partial charge < -0.3 is 9.47 Å². The standard InChI is InChI=1S/C20H21N5O4S2/c1-3-14-8-11-19(30-14)31(26,27)21-12-13-29-18-10-9-17-22-23-20(25(17)24-18)15-6-4-5-7-16(15)28-2/h4-11,21H,3,12-13H2,1-2H3. The molecule has 11 heteroatoms. The Kier molecular flexibility index (Phi) is 6.16. The highest BCUT2D eigenvalue weighted by atomic mass is 32.2. The highest BCUT2D eigenvalue weighted by Gasteiger charge is 2.17. The van der Waals surface area contributed by atoms with Crippen molar-refractivity contribution in [2.75, 3.05) is 20.3 Å². The number of hydrogen-bond acceptors (Lipinski definition) is 8. The Morgan fingerprint density at radius 2 is 1.94 bits per heavy atom. The van der Waals surface area contributed by atoms with Gasteiger partial charge in [0.05, 0.1) is 12.7 Å². The van der Waals surface area contributed by atoms with E-state index in [0.717, 1.165) is 16.9 Å². The Morgan fingerprint density at radius 1 is 1.10 bits per heavy atom. The Labute approximate surface area is 183 Å². The maximum Gasteiger partial charge on any atom is 0.250 e. The summed E-state index contributed by atoms with van der Waals surface area (Å²) in [4.78, 5) is 1.02. The number of methoxy groups -OCH3 is 1. The number of benzene rings is 1. The summed E-state index contributed by atoms with van der Waals surface area (Å²) in [6.07, 6.45) is 0.803. The molecule has 0 amide bonds. The first-order valence-electron chi connectivity index (χ1n) is 9.59. The molecular weight excluding hydrogens is 438 g/mol. The number of ether oxygens (including phenoxy) is 2. The fourth-order valence-corrected chi connectivity index (χ4v) is 5.29. The summed E-state index contributed by atoms with van der Waals surface area (Å²) < 4.78 is 40.2. The van der Waals surface area contributed by atoms with E-state index in [0.29, 0.717) is 27.3 Å². The van der Waals surface area contributed by atoms with Gasteiger partial charge in [-0.3, -0.25) is 0 Å². The van der Waals surface area contributed by atoms with Crippen LogP contribution in [0.2, 0.25) is 0 Å². The number of aromatic nitrogens is 4. The van der Waals surface area contributed by atoms with E-state index in [9.17, 15) is 8.42 Å². The molecule has 0 fully saturated rings. The summed E-state index contributed by atoms with van der Waals surface area (Å²) in [5.74, 6) is 1.49. The molecule has 3 heterocycles. The molecule has 0 aliphatic carbocycles. The number of para-hydroxylation sites is 1. The number of fused-ring (bicyclic) bond motifs is 1. The molecule has 0 unspecified atom stereocenters. The van der Waals surface area contributed by atoms with Crippen LogP contribution in [-0.2, 0) is 16.4 Å². The lowest BCUT2D eigenvalue weighted by atomic mass is 10.2. The van der Waals surface area contributed by atoms with Crippen molar-refractivity contribution in [2.24, 2.45) is 0 Å². The van der Waals surface area contributed by atoms with Crippen molar-refractivity contribution in [3.8, 4) is 23.0 Å². The normalized spacial score (nSPS) is 11.7. The molecule has 0 spiro atoms. The fraction of sp³-hybridized carbons (Fsp3) is 0.250. The molecule has 0 bridgehead atoms. The maximum absolute atomic E-state index is 12.4. The molecule has 4 rings (SSSR count). The molecule has 0 saturated heterocycles. The van der Waals surface area contributed by atoms with E-state index in [1.807, 2.05) is 37.3 Å². The fourth-order valence-electron chi connectivity index (χ4n) is 2.94. The summed E-state index contributed by atoms with van der Waals surface area (Å²) in [7, 11) is -1.96. The van der Waals surface area contributed by atoms with E-state index < -0.39 is 10.0 Å². The molecule has 0 aliphatic rings. The third-order valence-electron chi connectivity index (χ3n) is 4.48. The van der Waals surface area contributed by atoms with E-state index in [-0.39, 0.29) is 13.2 Å². The van der Waals surface area contributed by atoms with Crippen molar-refractivity contribution in [3.63, 3.8) is 0 Å². The van der Waals surface area contributed by atoms with Gasteiger partial charge in [0.1, 0.15) is 16.6 Å². The molecule has 9 nitrogen and oxygen atoms in total. The van der Waals surface area contributed by atoms with Gasteiger partial charge in [-0.15, -0.1) is 26.6 Å². The Hall–Kier alpha value is -3.02. The topological polar surface area (TPSA) is 108 Å². The second-order valence-electron chi connectivity index (χ2n) is 6.49. The molecule has 0 saturated carbocycles. The first-order chi connectivity index (χ1) is 15.0. The molecule has 0 atom stereocenters. The SMILES string of the molecule is CCc1ccc(S(=O)(=O)NCCOc2ccc3nnc(-c4ccccc4OC)n3n2)s1. The first kappa shape index (κ1) is 21.2. The van der Waals surface area contributed by atoms with Crippen LogP contribution in [0.5, 0.6) is 11.6 Å². The van der Waals surface area contributed by atoms with Crippen LogP contribution < -0.4 is 14.2 Å². The highest BCUT2D eigenvalue weighted by Crippen LogP contribution is 2.28. The van der Waals surface area contributed by atoms with Crippen LogP contribution in [0.4, 0.5) is 0 Å². The lowest BCUT2D eigenvalue weighted by molar-refractivity contribution is 0.306. The summed E-state index contributed by atoms with van der Waals surface area (Å²) in [5.41, 5.74) is 1.30. The number of nitrogens with one attached hydrogen (secondary N) is 1. The smallest absolute Gasteiger partial charge is 0.250 e. The summed E-state index contributed by atoms with van der Waals surface area (Å²) in [6.45, 7) is 2.22. The highest BCUT2D eigenvalue weighted by molar-refractivity contribution is 7.91. The van der Waals surface area contributed by atoms with Gasteiger partial charge >= 0.3 is 0 Å². The van der Waals surface area contributed by atoms with Gasteiger partial charge in [0.2, 0.25) is 15.9 Å². The average molecular weight is 460 g/mol. The van der Waals surface area contributed by atoms with Crippen LogP contribution in [0.3, 0.4) is 0 Å². The number of sulfonamides is 1. The van der Waals surface area contributed by atoms with Crippen molar-refractivity contribution >= 4 is 27.0 Å². The number of rotatable bonds is 9. The monoisotopic (exact) mass is 459 g/mol. The quantitative estimate of drug-likeness (QED) is 0.384. The van der Waals surface area contributed by atoms with Crippen LogP contribution >= 0.6 is 11.3 Å². The van der Waals surface area contributed by atoms with E-state index in [1.165, 1.54) is 11.3 Å². The van der Waals surface area contributed by atoms with Gasteiger partial charge in [0.15, 0.2) is 11.5 Å². The second kappa shape index (κ2) is 9.00. The molecule has 31 heavy (non-hydrogen) atoms. The van der Waals surface area contributed by atoms with Crippen molar-refractivity contribution in [1.82, 2.24) is 24.5 Å². The lowest BCUT2D eigenvalue weighted by Gasteiger charge is -2.08. The average Bonchev–Trinajstić information content (AvgIpc) is 3.44. The number of hydrogen-bond donors (Lipinski definition) is 1. The zero-order valence-electron chi connectivity index (χ0n) is 17.0. The molecule has 1 N–H and O–H groups in total. The van der Waals surface area contributed by atoms with Gasteiger partial charge in [-0.05, 0) is 36.8 Å². The molecule has 162 valence electrons. The molecule has 3 aromatic heterocycles. The largest absolute Gasteiger partial charge is 0.496 e. The Morgan fingerprint density at radius 3 is 2.71 bits per heavy atom. The van der Waals surface area contributed by atoms with Crippen LogP contribution in [0, 0.1) is 0 Å². The minimum Gasteiger partial charge on any atom is -0.496 e. The van der Waals surface area contributed by atoms with Crippen molar-refractivity contribution in [1.29, 1.82) is 0 Å². The third kappa shape index (κ3) is 4.53. The van der Waals surface area contributed by atoms with Crippen molar-refractivity contribution in [3.05, 3.63) is 53.4 Å². The molecule has 0 aliphatic heterocycles. The lowest BCUT2D eigenvalue weighted by Crippen LogP contribution is -2.27. The third-order valence-corrected chi connectivity index (χ3v) is 7.66. The minimum atomic E-state index is -3.55. The summed E-state index contributed by atoms with van der Waals surface area (Å²) in [6, 6.07) is 14.3. The van der Waals surface area contributed by atoms with E-state index in [4.69, 9.17) is 9.47 Å². The first-order valence-corrected chi connectivity index (χ1v) is 11.9. The summed E-state index contributed by atoms with van der Waals surface area (Å²) in [5, 5.41) is 12.8. The van der Waals surface area contributed by atoms with E-state index in [1.54, 1.807) is 29.8 Å². The van der Waals surface area contributed by atoms with Gasteiger partial charge in [0.25, 0.3) is 0 Å². The minimum absolute atomic E-state index is 0.114. The zero-order chi connectivity index (χ0) is 21.8. The van der Waals surface area contributed by atoms with Crippen LogP contribution in [0.1, 0.15) is 11.8 Å². The van der Waals surface area contributed by atoms with Crippen molar-refractivity contribution < 1.29 is 17.9 Å². The van der Waals surface area contributed by atoms with Crippen LogP contribution in [0.25, 0.3) is 17.0 Å². The van der Waals surface area contributed by atoms with Crippen LogP contribution in [0.15, 0.2) is 52.7 Å². The van der Waals surface area contributed by atoms with E-state index >= 15 is 0 Å². The van der Waals surface area contributed by atoms with Gasteiger partial charge in [0, 0.05) is 17.5 Å². The zero-order valence-corrected chi connectivity index (χ0v) is 18.6.